The van der Waals surface area contributed by atoms with Crippen LogP contribution in [0.25, 0.3) is 0 Å². The number of carboxylic acids is 1. The van der Waals surface area contributed by atoms with Crippen LogP contribution in [0, 0.1) is 0 Å². The number of nitrogens with one attached hydrogen (secondary N) is 1. The number of benzene rings is 1. The van der Waals surface area contributed by atoms with E-state index in [1.54, 1.807) is 6.08 Å². The van der Waals surface area contributed by atoms with Gasteiger partial charge in [0.25, 0.3) is 0 Å². The molecule has 5 heteroatoms. The number of aromatic carboxylic acids is 1. The van der Waals surface area contributed by atoms with Gasteiger partial charge in [-0.25, -0.2) is 4.79 Å². The first-order valence-corrected chi connectivity index (χ1v) is 5.36. The SMILES string of the molecule is C=CCCC(=O)Nc1ccc(Cl)cc1C(=O)O. The quantitative estimate of drug-likeness (QED) is 0.793. The Labute approximate surface area is 104 Å². The fraction of sp³-hybridized carbons (Fsp3) is 0.167. The number of carboxylic acid groups (broad SMARTS) is 1. The van der Waals surface area contributed by atoms with Gasteiger partial charge in [0.15, 0.2) is 0 Å². The molecule has 0 radical (unpaired) electrons. The third-order valence-corrected chi connectivity index (χ3v) is 2.30. The van der Waals surface area contributed by atoms with Crippen LogP contribution >= 0.6 is 11.6 Å². The van der Waals surface area contributed by atoms with Crippen molar-refractivity contribution in [2.75, 3.05) is 5.32 Å². The maximum absolute atomic E-state index is 11.4. The highest BCUT2D eigenvalue weighted by atomic mass is 35.5. The number of amides is 1. The van der Waals surface area contributed by atoms with Gasteiger partial charge in [-0.15, -0.1) is 6.58 Å². The molecule has 90 valence electrons. The number of anilines is 1. The van der Waals surface area contributed by atoms with Gasteiger partial charge in [-0.3, -0.25) is 4.79 Å². The highest BCUT2D eigenvalue weighted by Crippen LogP contribution is 2.21. The van der Waals surface area contributed by atoms with Crippen LogP contribution in [0.2, 0.25) is 5.02 Å². The van der Waals surface area contributed by atoms with Gasteiger partial charge in [0.1, 0.15) is 0 Å². The zero-order valence-corrected chi connectivity index (χ0v) is 9.83. The molecule has 0 heterocycles. The summed E-state index contributed by atoms with van der Waals surface area (Å²) in [6.07, 6.45) is 2.44. The first-order valence-electron chi connectivity index (χ1n) is 4.98. The van der Waals surface area contributed by atoms with Crippen LogP contribution in [-0.4, -0.2) is 17.0 Å². The molecular weight excluding hydrogens is 242 g/mol. The van der Waals surface area contributed by atoms with Gasteiger partial charge in [-0.05, 0) is 24.6 Å². The normalized spacial score (nSPS) is 9.71. The van der Waals surface area contributed by atoms with Crippen molar-refractivity contribution in [3.8, 4) is 0 Å². The zero-order valence-electron chi connectivity index (χ0n) is 9.07. The maximum Gasteiger partial charge on any atom is 0.337 e. The molecular formula is C12H12ClNO3. The van der Waals surface area contributed by atoms with E-state index in [4.69, 9.17) is 16.7 Å². The second-order valence-corrected chi connectivity index (χ2v) is 3.81. The van der Waals surface area contributed by atoms with Crippen LogP contribution in [0.4, 0.5) is 5.69 Å². The summed E-state index contributed by atoms with van der Waals surface area (Å²) in [5, 5.41) is 11.8. The fourth-order valence-corrected chi connectivity index (χ4v) is 1.42. The largest absolute Gasteiger partial charge is 0.478 e. The predicted molar refractivity (Wildman–Crippen MR) is 66.5 cm³/mol. The summed E-state index contributed by atoms with van der Waals surface area (Å²) in [7, 11) is 0. The van der Waals surface area contributed by atoms with Gasteiger partial charge in [0, 0.05) is 11.4 Å². The molecule has 1 rings (SSSR count). The van der Waals surface area contributed by atoms with Crippen molar-refractivity contribution in [1.29, 1.82) is 0 Å². The van der Waals surface area contributed by atoms with E-state index in [9.17, 15) is 9.59 Å². The molecule has 0 aliphatic carbocycles. The monoisotopic (exact) mass is 253 g/mol. The molecule has 0 spiro atoms. The van der Waals surface area contributed by atoms with Gasteiger partial charge in [-0.1, -0.05) is 17.7 Å². The number of rotatable bonds is 5. The number of carbonyl (C=O) groups excluding carboxylic acids is 1. The van der Waals surface area contributed by atoms with Crippen molar-refractivity contribution < 1.29 is 14.7 Å². The summed E-state index contributed by atoms with van der Waals surface area (Å²) in [6.45, 7) is 3.51. The molecule has 0 saturated heterocycles. The van der Waals surface area contributed by atoms with Crippen LogP contribution in [0.3, 0.4) is 0 Å². The van der Waals surface area contributed by atoms with Crippen LogP contribution in [-0.2, 0) is 4.79 Å². The number of hydrogen-bond donors (Lipinski definition) is 2. The Morgan fingerprint density at radius 3 is 2.76 bits per heavy atom. The van der Waals surface area contributed by atoms with E-state index in [1.807, 2.05) is 0 Å². The lowest BCUT2D eigenvalue weighted by molar-refractivity contribution is -0.116. The average Bonchev–Trinajstić information content (AvgIpc) is 2.28. The lowest BCUT2D eigenvalue weighted by Crippen LogP contribution is -2.14. The second-order valence-electron chi connectivity index (χ2n) is 3.37. The molecule has 1 aromatic carbocycles. The fourth-order valence-electron chi connectivity index (χ4n) is 1.25. The van der Waals surface area contributed by atoms with Crippen molar-refractivity contribution in [2.24, 2.45) is 0 Å². The Balaban J connectivity index is 2.86. The number of halogens is 1. The molecule has 2 N–H and O–H groups in total. The van der Waals surface area contributed by atoms with Crippen LogP contribution in [0.1, 0.15) is 23.2 Å². The molecule has 0 saturated carbocycles. The van der Waals surface area contributed by atoms with Gasteiger partial charge >= 0.3 is 5.97 Å². The van der Waals surface area contributed by atoms with Gasteiger partial charge < -0.3 is 10.4 Å². The zero-order chi connectivity index (χ0) is 12.8. The highest BCUT2D eigenvalue weighted by Gasteiger charge is 2.12. The van der Waals surface area contributed by atoms with Crippen LogP contribution in [0.15, 0.2) is 30.9 Å². The standard InChI is InChI=1S/C12H12ClNO3/c1-2-3-4-11(15)14-10-6-5-8(13)7-9(10)12(16)17/h2,5-7H,1,3-4H2,(H,14,15)(H,16,17). The predicted octanol–water partition coefficient (Wildman–Crippen LogP) is 2.94. The van der Waals surface area contributed by atoms with Crippen molar-refractivity contribution in [3.63, 3.8) is 0 Å². The maximum atomic E-state index is 11.4. The minimum Gasteiger partial charge on any atom is -0.478 e. The van der Waals surface area contributed by atoms with Crippen LogP contribution in [0.5, 0.6) is 0 Å². The van der Waals surface area contributed by atoms with Gasteiger partial charge in [0.05, 0.1) is 11.3 Å². The lowest BCUT2D eigenvalue weighted by atomic mass is 10.1. The summed E-state index contributed by atoms with van der Waals surface area (Å²) in [6, 6.07) is 4.29. The Morgan fingerprint density at radius 2 is 2.18 bits per heavy atom. The van der Waals surface area contributed by atoms with Crippen LogP contribution < -0.4 is 5.32 Å². The number of allylic oxidation sites excluding steroid dienone is 1. The molecule has 1 aromatic rings. The first-order chi connectivity index (χ1) is 8.04. The summed E-state index contributed by atoms with van der Waals surface area (Å²) < 4.78 is 0. The molecule has 0 aliphatic rings. The molecule has 0 unspecified atom stereocenters. The topological polar surface area (TPSA) is 66.4 Å². The van der Waals surface area contributed by atoms with E-state index in [-0.39, 0.29) is 23.6 Å². The summed E-state index contributed by atoms with van der Waals surface area (Å²) in [5.41, 5.74) is 0.223. The number of hydrogen-bond acceptors (Lipinski definition) is 2. The van der Waals surface area contributed by atoms with Gasteiger partial charge in [0.2, 0.25) is 5.91 Å². The Bertz CT molecular complexity index is 457. The van der Waals surface area contributed by atoms with Crippen molar-refractivity contribution in [2.45, 2.75) is 12.8 Å². The second kappa shape index (κ2) is 6.06. The Morgan fingerprint density at radius 1 is 1.47 bits per heavy atom. The van der Waals surface area contributed by atoms with Crippen molar-refractivity contribution in [3.05, 3.63) is 41.4 Å². The van der Waals surface area contributed by atoms with E-state index in [0.29, 0.717) is 11.4 Å². The molecule has 17 heavy (non-hydrogen) atoms. The highest BCUT2D eigenvalue weighted by molar-refractivity contribution is 6.31. The van der Waals surface area contributed by atoms with E-state index in [2.05, 4.69) is 11.9 Å². The molecule has 0 aromatic heterocycles. The average molecular weight is 254 g/mol. The van der Waals surface area contributed by atoms with Crippen molar-refractivity contribution in [1.82, 2.24) is 0 Å². The molecule has 4 nitrogen and oxygen atoms in total. The molecule has 0 atom stereocenters. The minimum absolute atomic E-state index is 0.0237. The Kier molecular flexibility index (Phi) is 4.72. The third kappa shape index (κ3) is 3.92. The van der Waals surface area contributed by atoms with Crippen molar-refractivity contribution >= 4 is 29.2 Å². The first kappa shape index (κ1) is 13.3. The summed E-state index contributed by atoms with van der Waals surface area (Å²) in [5.74, 6) is -1.39. The summed E-state index contributed by atoms with van der Waals surface area (Å²) >= 11 is 5.69. The van der Waals surface area contributed by atoms with E-state index in [1.165, 1.54) is 18.2 Å². The third-order valence-electron chi connectivity index (χ3n) is 2.06. The van der Waals surface area contributed by atoms with E-state index in [0.717, 1.165) is 0 Å². The smallest absolute Gasteiger partial charge is 0.337 e. The molecule has 0 aliphatic heterocycles. The van der Waals surface area contributed by atoms with Gasteiger partial charge in [-0.2, -0.15) is 0 Å². The minimum atomic E-state index is -1.13. The number of carbonyl (C=O) groups is 2. The van der Waals surface area contributed by atoms with E-state index < -0.39 is 5.97 Å². The van der Waals surface area contributed by atoms with E-state index >= 15 is 0 Å². The molecule has 1 amide bonds. The summed E-state index contributed by atoms with van der Waals surface area (Å²) in [4.78, 5) is 22.4. The molecule has 0 fully saturated rings. The Hall–Kier alpha value is -1.81. The lowest BCUT2D eigenvalue weighted by Gasteiger charge is -2.08. The molecule has 0 bridgehead atoms.